The predicted octanol–water partition coefficient (Wildman–Crippen LogP) is 7.04. The van der Waals surface area contributed by atoms with Crippen LogP contribution in [-0.2, 0) is 4.74 Å². The van der Waals surface area contributed by atoms with Crippen LogP contribution < -0.4 is 0 Å². The largest absolute Gasteiger partial charge is 0.493 e. The Morgan fingerprint density at radius 1 is 0.724 bits per heavy atom. The van der Waals surface area contributed by atoms with Gasteiger partial charge >= 0.3 is 0 Å². The maximum Gasteiger partial charge on any atom is 0.128 e. The molecule has 4 aromatic rings. The maximum absolute atomic E-state index is 5.99. The molecule has 0 heterocycles. The summed E-state index contributed by atoms with van der Waals surface area (Å²) in [5.41, 5.74) is 3.88. The highest BCUT2D eigenvalue weighted by atomic mass is 16.5. The summed E-state index contributed by atoms with van der Waals surface area (Å²) in [4.78, 5) is 4.94. The number of ether oxygens (including phenoxy) is 1. The number of para-hydroxylation sites is 1. The SMILES string of the molecule is CCO/C(=C\C(=Nc1ccccc1)c1ccc2ccccc2c1)c1ccccc1. The zero-order chi connectivity index (χ0) is 19.9. The molecule has 0 atom stereocenters. The van der Waals surface area contributed by atoms with E-state index in [1.165, 1.54) is 10.8 Å². The van der Waals surface area contributed by atoms with Gasteiger partial charge in [-0.1, -0.05) is 84.9 Å². The summed E-state index contributed by atoms with van der Waals surface area (Å²) < 4.78 is 5.99. The minimum absolute atomic E-state index is 0.594. The first kappa shape index (κ1) is 18.7. The van der Waals surface area contributed by atoms with Gasteiger partial charge in [0.05, 0.1) is 18.0 Å². The first-order valence-corrected chi connectivity index (χ1v) is 9.86. The molecule has 142 valence electrons. The molecule has 0 radical (unpaired) electrons. The van der Waals surface area contributed by atoms with Crippen molar-refractivity contribution in [2.75, 3.05) is 6.61 Å². The lowest BCUT2D eigenvalue weighted by molar-refractivity contribution is 0.298. The standard InChI is InChI=1S/C27H23NO/c1-2-29-27(22-12-5-3-6-13-22)20-26(28-25-15-7-4-8-16-25)24-18-17-21-11-9-10-14-23(21)19-24/h3-20H,2H2,1H3/b27-20-,28-26?. The van der Waals surface area contributed by atoms with Gasteiger partial charge in [-0.25, -0.2) is 4.99 Å². The fourth-order valence-corrected chi connectivity index (χ4v) is 3.26. The second-order valence-electron chi connectivity index (χ2n) is 6.70. The Morgan fingerprint density at radius 2 is 1.38 bits per heavy atom. The molecule has 0 saturated heterocycles. The van der Waals surface area contributed by atoms with E-state index >= 15 is 0 Å². The first-order chi connectivity index (χ1) is 14.3. The van der Waals surface area contributed by atoms with E-state index in [0.717, 1.165) is 28.3 Å². The third-order valence-corrected chi connectivity index (χ3v) is 4.68. The molecular weight excluding hydrogens is 354 g/mol. The summed E-state index contributed by atoms with van der Waals surface area (Å²) in [7, 11) is 0. The van der Waals surface area contributed by atoms with E-state index < -0.39 is 0 Å². The maximum atomic E-state index is 5.99. The van der Waals surface area contributed by atoms with Crippen molar-refractivity contribution >= 4 is 27.9 Å². The van der Waals surface area contributed by atoms with Gasteiger partial charge in [0.2, 0.25) is 0 Å². The van der Waals surface area contributed by atoms with Gasteiger partial charge in [0.25, 0.3) is 0 Å². The Kier molecular flexibility index (Phi) is 5.82. The lowest BCUT2D eigenvalue weighted by atomic mass is 10.0. The number of hydrogen-bond acceptors (Lipinski definition) is 2. The monoisotopic (exact) mass is 377 g/mol. The molecule has 0 saturated carbocycles. The van der Waals surface area contributed by atoms with Crippen LogP contribution in [0.3, 0.4) is 0 Å². The number of allylic oxidation sites excluding steroid dienone is 1. The van der Waals surface area contributed by atoms with Crippen LogP contribution in [-0.4, -0.2) is 12.3 Å². The number of nitrogens with zero attached hydrogens (tertiary/aromatic N) is 1. The second kappa shape index (κ2) is 9.03. The van der Waals surface area contributed by atoms with E-state index in [9.17, 15) is 0 Å². The van der Waals surface area contributed by atoms with Crippen LogP contribution in [0.4, 0.5) is 5.69 Å². The number of benzene rings is 4. The molecule has 4 aromatic carbocycles. The van der Waals surface area contributed by atoms with Gasteiger partial charge in [-0.05, 0) is 35.9 Å². The van der Waals surface area contributed by atoms with E-state index in [-0.39, 0.29) is 0 Å². The molecule has 0 bridgehead atoms. The van der Waals surface area contributed by atoms with Crippen LogP contribution in [0.5, 0.6) is 0 Å². The molecular formula is C27H23NO. The molecule has 0 aliphatic rings. The normalized spacial score (nSPS) is 12.2. The Labute approximate surface area is 171 Å². The summed E-state index contributed by atoms with van der Waals surface area (Å²) in [5, 5.41) is 2.41. The highest BCUT2D eigenvalue weighted by Gasteiger charge is 2.08. The first-order valence-electron chi connectivity index (χ1n) is 9.86. The van der Waals surface area contributed by atoms with Gasteiger partial charge in [-0.3, -0.25) is 0 Å². The summed E-state index contributed by atoms with van der Waals surface area (Å²) in [5.74, 6) is 0.816. The highest BCUT2D eigenvalue weighted by Crippen LogP contribution is 2.22. The van der Waals surface area contributed by atoms with E-state index in [2.05, 4.69) is 54.6 Å². The van der Waals surface area contributed by atoms with E-state index in [4.69, 9.17) is 9.73 Å². The fourth-order valence-electron chi connectivity index (χ4n) is 3.26. The number of aliphatic imine (C=N–C) groups is 1. The molecule has 0 aliphatic carbocycles. The lowest BCUT2D eigenvalue weighted by Gasteiger charge is -2.11. The average molecular weight is 377 g/mol. The van der Waals surface area contributed by atoms with Crippen molar-refractivity contribution in [2.24, 2.45) is 4.99 Å². The molecule has 0 aliphatic heterocycles. The molecule has 4 rings (SSSR count). The molecule has 0 N–H and O–H groups in total. The van der Waals surface area contributed by atoms with Gasteiger partial charge in [-0.2, -0.15) is 0 Å². The number of hydrogen-bond donors (Lipinski definition) is 0. The van der Waals surface area contributed by atoms with Crippen molar-refractivity contribution in [3.8, 4) is 0 Å². The summed E-state index contributed by atoms with van der Waals surface area (Å²) in [6.07, 6.45) is 2.04. The molecule has 0 fully saturated rings. The fraction of sp³-hybridized carbons (Fsp3) is 0.0741. The van der Waals surface area contributed by atoms with Crippen LogP contribution in [0, 0.1) is 0 Å². The van der Waals surface area contributed by atoms with Crippen molar-refractivity contribution in [3.05, 3.63) is 120 Å². The van der Waals surface area contributed by atoms with Gasteiger partial charge in [0, 0.05) is 17.2 Å². The third kappa shape index (κ3) is 4.61. The molecule has 29 heavy (non-hydrogen) atoms. The van der Waals surface area contributed by atoms with Crippen LogP contribution in [0.15, 0.2) is 114 Å². The highest BCUT2D eigenvalue weighted by molar-refractivity contribution is 6.14. The van der Waals surface area contributed by atoms with Gasteiger partial charge in [-0.15, -0.1) is 0 Å². The number of rotatable bonds is 6. The van der Waals surface area contributed by atoms with Crippen molar-refractivity contribution < 1.29 is 4.74 Å². The van der Waals surface area contributed by atoms with E-state index in [1.54, 1.807) is 0 Å². The van der Waals surface area contributed by atoms with E-state index in [1.807, 2.05) is 61.5 Å². The lowest BCUT2D eigenvalue weighted by Crippen LogP contribution is -2.01. The van der Waals surface area contributed by atoms with Crippen molar-refractivity contribution in [1.82, 2.24) is 0 Å². The van der Waals surface area contributed by atoms with Gasteiger partial charge < -0.3 is 4.74 Å². The molecule has 0 unspecified atom stereocenters. The molecule has 0 spiro atoms. The Balaban J connectivity index is 1.86. The Bertz CT molecular complexity index is 1140. The average Bonchev–Trinajstić information content (AvgIpc) is 2.79. The van der Waals surface area contributed by atoms with Crippen molar-refractivity contribution in [1.29, 1.82) is 0 Å². The molecule has 0 amide bonds. The smallest absolute Gasteiger partial charge is 0.128 e. The molecule has 2 heteroatoms. The Morgan fingerprint density at radius 3 is 2.10 bits per heavy atom. The van der Waals surface area contributed by atoms with Gasteiger partial charge in [0.15, 0.2) is 0 Å². The zero-order valence-corrected chi connectivity index (χ0v) is 16.5. The van der Waals surface area contributed by atoms with Crippen molar-refractivity contribution in [2.45, 2.75) is 6.92 Å². The molecule has 0 aromatic heterocycles. The predicted molar refractivity (Wildman–Crippen MR) is 123 cm³/mol. The van der Waals surface area contributed by atoms with Crippen LogP contribution in [0.25, 0.3) is 16.5 Å². The minimum atomic E-state index is 0.594. The molecule has 2 nitrogen and oxygen atoms in total. The van der Waals surface area contributed by atoms with Gasteiger partial charge in [0.1, 0.15) is 5.76 Å². The summed E-state index contributed by atoms with van der Waals surface area (Å²) >= 11 is 0. The van der Waals surface area contributed by atoms with Crippen LogP contribution >= 0.6 is 0 Å². The van der Waals surface area contributed by atoms with E-state index in [0.29, 0.717) is 6.61 Å². The topological polar surface area (TPSA) is 21.6 Å². The minimum Gasteiger partial charge on any atom is -0.493 e. The second-order valence-corrected chi connectivity index (χ2v) is 6.70. The summed E-state index contributed by atoms with van der Waals surface area (Å²) in [6.45, 7) is 2.60. The quantitative estimate of drug-likeness (QED) is 0.261. The summed E-state index contributed by atoms with van der Waals surface area (Å²) in [6, 6.07) is 35.0. The van der Waals surface area contributed by atoms with Crippen LogP contribution in [0.2, 0.25) is 0 Å². The number of fused-ring (bicyclic) bond motifs is 1. The van der Waals surface area contributed by atoms with Crippen LogP contribution in [0.1, 0.15) is 18.1 Å². The Hall–Kier alpha value is -3.65. The third-order valence-electron chi connectivity index (χ3n) is 4.68. The van der Waals surface area contributed by atoms with Crippen molar-refractivity contribution in [3.63, 3.8) is 0 Å². The zero-order valence-electron chi connectivity index (χ0n) is 16.5.